The molecule has 0 fully saturated rings. The number of nitrogens with zero attached hydrogens (tertiary/aromatic N) is 2. The van der Waals surface area contributed by atoms with E-state index in [4.69, 9.17) is 18.6 Å². The van der Waals surface area contributed by atoms with Crippen molar-refractivity contribution in [1.82, 2.24) is 9.55 Å². The van der Waals surface area contributed by atoms with Gasteiger partial charge in [-0.15, -0.1) is 0 Å². The number of ketones is 1. The highest BCUT2D eigenvalue weighted by molar-refractivity contribution is 6.09. The summed E-state index contributed by atoms with van der Waals surface area (Å²) in [6, 6.07) is 19.1. The normalized spacial score (nSPS) is 20.2. The molecule has 6 bridgehead atoms. The molecule has 2 aromatic heterocycles. The van der Waals surface area contributed by atoms with Crippen molar-refractivity contribution >= 4 is 22.8 Å². The van der Waals surface area contributed by atoms with Gasteiger partial charge in [0, 0.05) is 33.8 Å². The second-order valence-corrected chi connectivity index (χ2v) is 11.4. The summed E-state index contributed by atoms with van der Waals surface area (Å²) in [5.41, 5.74) is 2.57. The van der Waals surface area contributed by atoms with E-state index in [1.807, 2.05) is 81.4 Å². The third kappa shape index (κ3) is 2.93. The monoisotopic (exact) mass is 532 g/mol. The Balaban J connectivity index is 1.46. The standard InChI is InChI=1S/C32H24N2O6/c1-31(2,3)40-30(36)34-16-19-24-15-33-26(37-24)14-25(35)32-20-10-4-5-13-23(20)38-29(32)39-28-18(9-6-11-21(28)32)17-8-7-12-22(34)27(17)19/h4-13,15-16,29H,14H2,1-3H3/t29-,32+/m0/s1. The maximum absolute atomic E-state index is 14.3. The molecule has 0 unspecified atom stereocenters. The van der Waals surface area contributed by atoms with Gasteiger partial charge in [0.2, 0.25) is 5.89 Å². The van der Waals surface area contributed by atoms with E-state index in [0.29, 0.717) is 28.3 Å². The average molecular weight is 533 g/mol. The number of Topliss-reactive ketones (excluding diaryl/α,β-unsaturated/α-hetero) is 1. The molecule has 0 saturated heterocycles. The second kappa shape index (κ2) is 7.63. The second-order valence-electron chi connectivity index (χ2n) is 11.4. The van der Waals surface area contributed by atoms with Crippen LogP contribution in [0, 0.1) is 0 Å². The third-order valence-electron chi connectivity index (χ3n) is 7.84. The number of oxazole rings is 1. The van der Waals surface area contributed by atoms with Gasteiger partial charge in [0.15, 0.2) is 17.0 Å². The van der Waals surface area contributed by atoms with Crippen molar-refractivity contribution in [2.24, 2.45) is 0 Å². The van der Waals surface area contributed by atoms with E-state index in [-0.39, 0.29) is 18.1 Å². The number of ether oxygens (including phenoxy) is 3. The molecule has 0 amide bonds. The molecular formula is C32H24N2O6. The molecule has 3 aliphatic heterocycles. The molecule has 0 radical (unpaired) electrons. The maximum atomic E-state index is 14.3. The fourth-order valence-corrected chi connectivity index (χ4v) is 6.29. The largest absolute Gasteiger partial charge is 0.453 e. The molecule has 0 aliphatic carbocycles. The van der Waals surface area contributed by atoms with Crippen molar-refractivity contribution < 1.29 is 28.2 Å². The van der Waals surface area contributed by atoms with E-state index >= 15 is 0 Å². The van der Waals surface area contributed by atoms with Gasteiger partial charge in [-0.05, 0) is 38.5 Å². The average Bonchev–Trinajstić information content (AvgIpc) is 3.66. The van der Waals surface area contributed by atoms with Crippen LogP contribution >= 0.6 is 0 Å². The molecule has 8 rings (SSSR count). The van der Waals surface area contributed by atoms with E-state index in [1.165, 1.54) is 4.57 Å². The molecule has 198 valence electrons. The lowest BCUT2D eigenvalue weighted by Gasteiger charge is -2.25. The number of rotatable bonds is 0. The fourth-order valence-electron chi connectivity index (χ4n) is 6.29. The fraction of sp³-hybridized carbons (Fsp3) is 0.219. The Hall–Kier alpha value is -4.85. The summed E-state index contributed by atoms with van der Waals surface area (Å²) in [4.78, 5) is 32.1. The van der Waals surface area contributed by atoms with Gasteiger partial charge >= 0.3 is 6.09 Å². The summed E-state index contributed by atoms with van der Waals surface area (Å²) in [7, 11) is 0. The van der Waals surface area contributed by atoms with Crippen LogP contribution in [-0.2, 0) is 21.4 Å². The first-order chi connectivity index (χ1) is 19.3. The zero-order chi connectivity index (χ0) is 27.4. The molecule has 5 aromatic rings. The minimum absolute atomic E-state index is 0.0568. The number of aromatic nitrogens is 2. The quantitative estimate of drug-likeness (QED) is 0.232. The minimum atomic E-state index is -1.17. The first kappa shape index (κ1) is 23.1. The number of hydrogen-bond donors (Lipinski definition) is 0. The Morgan fingerprint density at radius 1 is 0.975 bits per heavy atom. The van der Waals surface area contributed by atoms with Gasteiger partial charge in [-0.2, -0.15) is 0 Å². The van der Waals surface area contributed by atoms with E-state index < -0.39 is 23.4 Å². The summed E-state index contributed by atoms with van der Waals surface area (Å²) >= 11 is 0. The Kier molecular flexibility index (Phi) is 4.40. The van der Waals surface area contributed by atoms with Crippen LogP contribution < -0.4 is 9.47 Å². The highest BCUT2D eigenvalue weighted by Gasteiger charge is 2.62. The van der Waals surface area contributed by atoms with Crippen molar-refractivity contribution in [2.45, 2.75) is 44.5 Å². The zero-order valence-corrected chi connectivity index (χ0v) is 22.1. The van der Waals surface area contributed by atoms with Crippen LogP contribution in [0.3, 0.4) is 0 Å². The zero-order valence-electron chi connectivity index (χ0n) is 22.1. The molecule has 5 heterocycles. The predicted octanol–water partition coefficient (Wildman–Crippen LogP) is 6.27. The number of hydrogen-bond acceptors (Lipinski definition) is 7. The molecule has 0 saturated carbocycles. The molecule has 3 aliphatic rings. The Bertz CT molecular complexity index is 1910. The number of carbonyl (C=O) groups excluding carboxylic acids is 2. The lowest BCUT2D eigenvalue weighted by atomic mass is 9.71. The third-order valence-corrected chi connectivity index (χ3v) is 7.84. The van der Waals surface area contributed by atoms with Crippen LogP contribution in [0.5, 0.6) is 11.5 Å². The SMILES string of the molecule is CC(C)(C)OC(=O)n1cc2c3c(cccc31)-c1cccc3c1O[C@@H]1Oc4ccccc4[C@]31C(=O)Cc1ncc-2o1. The highest BCUT2D eigenvalue weighted by Crippen LogP contribution is 2.58. The summed E-state index contributed by atoms with van der Waals surface area (Å²) < 4.78 is 26.2. The van der Waals surface area contributed by atoms with E-state index in [1.54, 1.807) is 12.4 Å². The smallest absolute Gasteiger partial charge is 0.419 e. The predicted molar refractivity (Wildman–Crippen MR) is 145 cm³/mol. The highest BCUT2D eigenvalue weighted by atomic mass is 16.7. The minimum Gasteiger partial charge on any atom is -0.453 e. The van der Waals surface area contributed by atoms with Crippen molar-refractivity contribution in [3.05, 3.63) is 90.1 Å². The number of para-hydroxylation sites is 2. The summed E-state index contributed by atoms with van der Waals surface area (Å²) in [6.45, 7) is 5.49. The van der Waals surface area contributed by atoms with Crippen LogP contribution in [0.2, 0.25) is 0 Å². The maximum Gasteiger partial charge on any atom is 0.419 e. The van der Waals surface area contributed by atoms with Crippen LogP contribution in [0.25, 0.3) is 33.4 Å². The number of benzene rings is 3. The molecule has 0 N–H and O–H groups in total. The van der Waals surface area contributed by atoms with Crippen LogP contribution in [-0.4, -0.2) is 33.3 Å². The van der Waals surface area contributed by atoms with E-state index in [2.05, 4.69) is 4.98 Å². The Labute approximate surface area is 229 Å². The van der Waals surface area contributed by atoms with Crippen LogP contribution in [0.15, 0.2) is 77.5 Å². The van der Waals surface area contributed by atoms with Crippen LogP contribution in [0.1, 0.15) is 37.8 Å². The Morgan fingerprint density at radius 2 is 1.75 bits per heavy atom. The molecule has 8 nitrogen and oxygen atoms in total. The molecular weight excluding hydrogens is 508 g/mol. The Morgan fingerprint density at radius 3 is 2.60 bits per heavy atom. The van der Waals surface area contributed by atoms with Gasteiger partial charge in [0.05, 0.1) is 18.1 Å². The number of carbonyl (C=O) groups is 2. The molecule has 3 aromatic carbocycles. The van der Waals surface area contributed by atoms with Crippen LogP contribution in [0.4, 0.5) is 4.79 Å². The van der Waals surface area contributed by atoms with Gasteiger partial charge in [-0.3, -0.25) is 9.36 Å². The van der Waals surface area contributed by atoms with E-state index in [9.17, 15) is 9.59 Å². The number of fused-ring (bicyclic) bond motifs is 5. The summed E-state index contributed by atoms with van der Waals surface area (Å²) in [6.07, 6.45) is 1.88. The first-order valence-corrected chi connectivity index (χ1v) is 13.2. The molecule has 8 heteroatoms. The van der Waals surface area contributed by atoms with Crippen molar-refractivity contribution in [3.8, 4) is 33.9 Å². The van der Waals surface area contributed by atoms with Crippen molar-refractivity contribution in [1.29, 1.82) is 0 Å². The first-order valence-electron chi connectivity index (χ1n) is 13.2. The van der Waals surface area contributed by atoms with Gasteiger partial charge < -0.3 is 18.6 Å². The topological polar surface area (TPSA) is 92.8 Å². The van der Waals surface area contributed by atoms with Gasteiger partial charge in [-0.25, -0.2) is 9.78 Å². The van der Waals surface area contributed by atoms with Gasteiger partial charge in [0.25, 0.3) is 6.29 Å². The van der Waals surface area contributed by atoms with Crippen molar-refractivity contribution in [2.75, 3.05) is 0 Å². The van der Waals surface area contributed by atoms with Crippen molar-refractivity contribution in [3.63, 3.8) is 0 Å². The van der Waals surface area contributed by atoms with Gasteiger partial charge in [-0.1, -0.05) is 48.5 Å². The molecule has 40 heavy (non-hydrogen) atoms. The lowest BCUT2D eigenvalue weighted by Crippen LogP contribution is -2.45. The molecule has 1 spiro atoms. The summed E-state index contributed by atoms with van der Waals surface area (Å²) in [5, 5.41) is 0.785. The lowest BCUT2D eigenvalue weighted by molar-refractivity contribution is -0.128. The van der Waals surface area contributed by atoms with E-state index in [0.717, 1.165) is 27.6 Å². The summed E-state index contributed by atoms with van der Waals surface area (Å²) in [5.74, 6) is 1.81. The molecule has 2 atom stereocenters. The van der Waals surface area contributed by atoms with Gasteiger partial charge in [0.1, 0.15) is 17.1 Å².